The van der Waals surface area contributed by atoms with E-state index >= 15 is 0 Å². The average molecular weight is 272 g/mol. The second-order valence-corrected chi connectivity index (χ2v) is 6.05. The third kappa shape index (κ3) is 2.96. The Morgan fingerprint density at radius 1 is 1.25 bits per heavy atom. The third-order valence-corrected chi connectivity index (χ3v) is 4.73. The van der Waals surface area contributed by atoms with Crippen molar-refractivity contribution in [1.82, 2.24) is 10.2 Å². The fourth-order valence-corrected chi connectivity index (χ4v) is 3.54. The monoisotopic (exact) mass is 272 g/mol. The molecule has 3 N–H and O–H groups in total. The summed E-state index contributed by atoms with van der Waals surface area (Å²) in [7, 11) is 2.26. The number of nitrogens with zero attached hydrogens (tertiary/aromatic N) is 2. The summed E-state index contributed by atoms with van der Waals surface area (Å²) in [6.07, 6.45) is 5.05. The van der Waals surface area contributed by atoms with Gasteiger partial charge in [-0.3, -0.25) is 0 Å². The maximum absolute atomic E-state index is 6.02. The van der Waals surface area contributed by atoms with Crippen molar-refractivity contribution in [2.24, 2.45) is 10.7 Å². The number of guanidine groups is 1. The highest BCUT2D eigenvalue weighted by molar-refractivity contribution is 5.78. The summed E-state index contributed by atoms with van der Waals surface area (Å²) in [5, 5.41) is 3.41. The van der Waals surface area contributed by atoms with E-state index in [-0.39, 0.29) is 0 Å². The molecule has 1 aromatic rings. The molecule has 2 unspecified atom stereocenters. The van der Waals surface area contributed by atoms with E-state index in [9.17, 15) is 0 Å². The SMILES string of the molecule is CN1C2CCC1CC(NC(N)=NCc1ccccc1)C2. The minimum absolute atomic E-state index is 0.489. The van der Waals surface area contributed by atoms with Crippen LogP contribution in [-0.2, 0) is 6.54 Å². The molecule has 20 heavy (non-hydrogen) atoms. The number of rotatable bonds is 3. The van der Waals surface area contributed by atoms with Crippen LogP contribution in [-0.4, -0.2) is 36.0 Å². The van der Waals surface area contributed by atoms with Gasteiger partial charge >= 0.3 is 0 Å². The summed E-state index contributed by atoms with van der Waals surface area (Å²) in [6, 6.07) is 12.2. The van der Waals surface area contributed by atoms with E-state index in [0.29, 0.717) is 18.5 Å². The Balaban J connectivity index is 1.53. The predicted molar refractivity (Wildman–Crippen MR) is 82.5 cm³/mol. The molecule has 1 aromatic carbocycles. The van der Waals surface area contributed by atoms with Crippen LogP contribution in [0.5, 0.6) is 0 Å². The molecule has 0 radical (unpaired) electrons. The molecule has 2 aliphatic rings. The van der Waals surface area contributed by atoms with Crippen LogP contribution in [0.4, 0.5) is 0 Å². The van der Waals surface area contributed by atoms with Crippen LogP contribution >= 0.6 is 0 Å². The number of benzene rings is 1. The first-order valence-corrected chi connectivity index (χ1v) is 7.54. The van der Waals surface area contributed by atoms with Crippen LogP contribution in [0.25, 0.3) is 0 Å². The molecule has 2 atom stereocenters. The second-order valence-electron chi connectivity index (χ2n) is 6.05. The molecule has 2 saturated heterocycles. The van der Waals surface area contributed by atoms with Gasteiger partial charge in [0.05, 0.1) is 6.54 Å². The Morgan fingerprint density at radius 2 is 1.90 bits per heavy atom. The zero-order valence-corrected chi connectivity index (χ0v) is 12.1. The van der Waals surface area contributed by atoms with Crippen LogP contribution in [0.2, 0.25) is 0 Å². The summed E-state index contributed by atoms with van der Waals surface area (Å²) in [5.41, 5.74) is 7.22. The first-order valence-electron chi connectivity index (χ1n) is 7.54. The molecule has 4 heteroatoms. The predicted octanol–water partition coefficient (Wildman–Crippen LogP) is 1.72. The van der Waals surface area contributed by atoms with Gasteiger partial charge in [0.25, 0.3) is 0 Å². The highest BCUT2D eigenvalue weighted by Crippen LogP contribution is 2.34. The standard InChI is InChI=1S/C16H24N4/c1-20-14-7-8-15(20)10-13(9-14)19-16(17)18-11-12-5-3-2-4-6-12/h2-6,13-15H,7-11H2,1H3,(H3,17,18,19). The Labute approximate surface area is 121 Å². The molecule has 0 saturated carbocycles. The van der Waals surface area contributed by atoms with Gasteiger partial charge in [-0.2, -0.15) is 0 Å². The van der Waals surface area contributed by atoms with Crippen molar-refractivity contribution in [1.29, 1.82) is 0 Å². The molecular formula is C16H24N4. The van der Waals surface area contributed by atoms with Gasteiger partial charge in [0.2, 0.25) is 0 Å². The van der Waals surface area contributed by atoms with Crippen molar-refractivity contribution in [2.45, 2.75) is 50.4 Å². The minimum atomic E-state index is 0.489. The van der Waals surface area contributed by atoms with Crippen molar-refractivity contribution in [3.05, 3.63) is 35.9 Å². The summed E-state index contributed by atoms with van der Waals surface area (Å²) in [5.74, 6) is 0.586. The number of nitrogens with two attached hydrogens (primary N) is 1. The molecule has 0 spiro atoms. The van der Waals surface area contributed by atoms with E-state index in [1.54, 1.807) is 0 Å². The molecule has 3 rings (SSSR count). The number of piperidine rings is 1. The molecule has 2 aliphatic heterocycles. The lowest BCUT2D eigenvalue weighted by Gasteiger charge is -2.36. The van der Waals surface area contributed by atoms with Crippen LogP contribution in [0.1, 0.15) is 31.2 Å². The van der Waals surface area contributed by atoms with E-state index < -0.39 is 0 Å². The molecule has 2 fully saturated rings. The first-order chi connectivity index (χ1) is 9.72. The van der Waals surface area contributed by atoms with Crippen molar-refractivity contribution < 1.29 is 0 Å². The minimum Gasteiger partial charge on any atom is -0.370 e. The van der Waals surface area contributed by atoms with Gasteiger partial charge in [-0.15, -0.1) is 0 Å². The van der Waals surface area contributed by atoms with E-state index in [0.717, 1.165) is 12.1 Å². The molecule has 4 nitrogen and oxygen atoms in total. The molecule has 0 aliphatic carbocycles. The fourth-order valence-electron chi connectivity index (χ4n) is 3.54. The lowest BCUT2D eigenvalue weighted by Crippen LogP contribution is -2.50. The zero-order chi connectivity index (χ0) is 13.9. The topological polar surface area (TPSA) is 53.6 Å². The molecule has 108 valence electrons. The van der Waals surface area contributed by atoms with Gasteiger partial charge in [0.1, 0.15) is 0 Å². The quantitative estimate of drug-likeness (QED) is 0.650. The molecule has 0 aromatic heterocycles. The maximum atomic E-state index is 6.02. The number of hydrogen-bond acceptors (Lipinski definition) is 2. The van der Waals surface area contributed by atoms with Gasteiger partial charge in [0, 0.05) is 18.1 Å². The molecule has 0 amide bonds. The molecular weight excluding hydrogens is 248 g/mol. The number of nitrogens with one attached hydrogen (secondary N) is 1. The summed E-state index contributed by atoms with van der Waals surface area (Å²) >= 11 is 0. The third-order valence-electron chi connectivity index (χ3n) is 4.73. The van der Waals surface area contributed by atoms with Crippen molar-refractivity contribution in [3.8, 4) is 0 Å². The Hall–Kier alpha value is -1.55. The lowest BCUT2D eigenvalue weighted by atomic mass is 9.98. The number of hydrogen-bond donors (Lipinski definition) is 2. The van der Waals surface area contributed by atoms with Crippen LogP contribution in [0, 0.1) is 0 Å². The zero-order valence-electron chi connectivity index (χ0n) is 12.1. The van der Waals surface area contributed by atoms with Gasteiger partial charge in [-0.05, 0) is 38.3 Å². The fraction of sp³-hybridized carbons (Fsp3) is 0.562. The van der Waals surface area contributed by atoms with E-state index in [1.165, 1.54) is 31.2 Å². The Bertz CT molecular complexity index is 457. The van der Waals surface area contributed by atoms with Crippen molar-refractivity contribution in [3.63, 3.8) is 0 Å². The van der Waals surface area contributed by atoms with Gasteiger partial charge < -0.3 is 16.0 Å². The van der Waals surface area contributed by atoms with Crippen LogP contribution in [0.3, 0.4) is 0 Å². The first kappa shape index (κ1) is 13.4. The highest BCUT2D eigenvalue weighted by Gasteiger charge is 2.38. The average Bonchev–Trinajstić information content (AvgIpc) is 2.68. The van der Waals surface area contributed by atoms with Crippen molar-refractivity contribution >= 4 is 5.96 Å². The number of fused-ring (bicyclic) bond motifs is 2. The normalized spacial score (nSPS) is 30.4. The molecule has 2 heterocycles. The lowest BCUT2D eigenvalue weighted by molar-refractivity contribution is 0.156. The highest BCUT2D eigenvalue weighted by atomic mass is 15.2. The Morgan fingerprint density at radius 3 is 2.55 bits per heavy atom. The van der Waals surface area contributed by atoms with Crippen LogP contribution < -0.4 is 11.1 Å². The smallest absolute Gasteiger partial charge is 0.189 e. The van der Waals surface area contributed by atoms with Crippen molar-refractivity contribution in [2.75, 3.05) is 7.05 Å². The van der Waals surface area contributed by atoms with E-state index in [2.05, 4.69) is 34.4 Å². The largest absolute Gasteiger partial charge is 0.370 e. The summed E-state index contributed by atoms with van der Waals surface area (Å²) in [4.78, 5) is 6.98. The van der Waals surface area contributed by atoms with Gasteiger partial charge in [-0.25, -0.2) is 4.99 Å². The summed E-state index contributed by atoms with van der Waals surface area (Å²) in [6.45, 7) is 0.652. The second kappa shape index (κ2) is 5.83. The van der Waals surface area contributed by atoms with Crippen LogP contribution in [0.15, 0.2) is 35.3 Å². The van der Waals surface area contributed by atoms with E-state index in [1.807, 2.05) is 18.2 Å². The maximum Gasteiger partial charge on any atom is 0.189 e. The summed E-state index contributed by atoms with van der Waals surface area (Å²) < 4.78 is 0. The molecule has 2 bridgehead atoms. The van der Waals surface area contributed by atoms with Gasteiger partial charge in [-0.1, -0.05) is 30.3 Å². The van der Waals surface area contributed by atoms with E-state index in [4.69, 9.17) is 5.73 Å². The van der Waals surface area contributed by atoms with Gasteiger partial charge in [0.15, 0.2) is 5.96 Å². The number of aliphatic imine (C=N–C) groups is 1. The Kier molecular flexibility index (Phi) is 3.92.